The summed E-state index contributed by atoms with van der Waals surface area (Å²) in [6.07, 6.45) is 3.81. The third-order valence-electron chi connectivity index (χ3n) is 5.32. The fraction of sp³-hybridized carbons (Fsp3) is 0.409. The van der Waals surface area contributed by atoms with Gasteiger partial charge in [0.1, 0.15) is 5.75 Å². The third-order valence-corrected chi connectivity index (χ3v) is 7.21. The smallest absolute Gasteiger partial charge is 0.255 e. The molecule has 1 heterocycles. The average Bonchev–Trinajstić information content (AvgIpc) is 3.02. The van der Waals surface area contributed by atoms with Gasteiger partial charge in [-0.3, -0.25) is 4.79 Å². The molecule has 1 fully saturated rings. The predicted octanol–water partition coefficient (Wildman–Crippen LogP) is 3.50. The van der Waals surface area contributed by atoms with Crippen molar-refractivity contribution in [2.24, 2.45) is 0 Å². The van der Waals surface area contributed by atoms with E-state index in [1.54, 1.807) is 6.07 Å². The van der Waals surface area contributed by atoms with E-state index in [0.29, 0.717) is 25.4 Å². The summed E-state index contributed by atoms with van der Waals surface area (Å²) < 4.78 is 33.0. The highest BCUT2D eigenvalue weighted by molar-refractivity contribution is 7.89. The van der Waals surface area contributed by atoms with Crippen molar-refractivity contribution in [2.45, 2.75) is 44.0 Å². The van der Waals surface area contributed by atoms with Crippen LogP contribution in [-0.4, -0.2) is 38.8 Å². The topological polar surface area (TPSA) is 75.7 Å². The number of carbonyl (C=O) groups is 1. The standard InChI is InChI=1S/C22H28N2O4S/c1-17-9-5-6-10-18(17)16-23-22(25)20-15-19(11-12-21(20)28-2)29(26,27)24-13-7-3-4-8-14-24/h5-6,9-12,15H,3-4,7-8,13-14,16H2,1-2H3,(H,23,25). The van der Waals surface area contributed by atoms with Gasteiger partial charge < -0.3 is 10.1 Å². The Morgan fingerprint density at radius 1 is 1.07 bits per heavy atom. The van der Waals surface area contributed by atoms with Crippen LogP contribution in [-0.2, 0) is 16.6 Å². The monoisotopic (exact) mass is 416 g/mol. The lowest BCUT2D eigenvalue weighted by molar-refractivity contribution is 0.0947. The second-order valence-electron chi connectivity index (χ2n) is 7.29. The molecule has 156 valence electrons. The van der Waals surface area contributed by atoms with Crippen molar-refractivity contribution in [3.8, 4) is 5.75 Å². The number of hydrogen-bond donors (Lipinski definition) is 1. The molecule has 0 aromatic heterocycles. The Kier molecular flexibility index (Phi) is 6.92. The summed E-state index contributed by atoms with van der Waals surface area (Å²) in [4.78, 5) is 12.9. The first-order chi connectivity index (χ1) is 13.9. The molecule has 2 aromatic rings. The van der Waals surface area contributed by atoms with Crippen LogP contribution in [0.2, 0.25) is 0 Å². The Morgan fingerprint density at radius 2 is 1.76 bits per heavy atom. The molecule has 0 aliphatic carbocycles. The molecule has 0 atom stereocenters. The summed E-state index contributed by atoms with van der Waals surface area (Å²) in [6.45, 7) is 3.38. The summed E-state index contributed by atoms with van der Waals surface area (Å²) >= 11 is 0. The lowest BCUT2D eigenvalue weighted by Gasteiger charge is -2.20. The number of nitrogens with zero attached hydrogens (tertiary/aromatic N) is 1. The van der Waals surface area contributed by atoms with E-state index in [2.05, 4.69) is 5.32 Å². The van der Waals surface area contributed by atoms with Crippen molar-refractivity contribution < 1.29 is 17.9 Å². The van der Waals surface area contributed by atoms with Crippen LogP contribution in [0.1, 0.15) is 47.2 Å². The van der Waals surface area contributed by atoms with Crippen molar-refractivity contribution in [1.29, 1.82) is 0 Å². The van der Waals surface area contributed by atoms with Crippen LogP contribution < -0.4 is 10.1 Å². The SMILES string of the molecule is COc1ccc(S(=O)(=O)N2CCCCCC2)cc1C(=O)NCc1ccccc1C. The first-order valence-electron chi connectivity index (χ1n) is 9.94. The summed E-state index contributed by atoms with van der Waals surface area (Å²) in [6, 6.07) is 12.3. The summed E-state index contributed by atoms with van der Waals surface area (Å²) in [5.74, 6) is -0.0138. The molecule has 0 unspecified atom stereocenters. The van der Waals surface area contributed by atoms with Gasteiger partial charge in [-0.15, -0.1) is 0 Å². The van der Waals surface area contributed by atoms with Crippen molar-refractivity contribution in [1.82, 2.24) is 9.62 Å². The normalized spacial score (nSPS) is 15.5. The zero-order chi connectivity index (χ0) is 20.9. The molecular weight excluding hydrogens is 388 g/mol. The molecule has 29 heavy (non-hydrogen) atoms. The summed E-state index contributed by atoms with van der Waals surface area (Å²) in [5.41, 5.74) is 2.31. The van der Waals surface area contributed by atoms with E-state index in [0.717, 1.165) is 36.8 Å². The van der Waals surface area contributed by atoms with Crippen LogP contribution in [0.4, 0.5) is 0 Å². The lowest BCUT2D eigenvalue weighted by atomic mass is 10.1. The molecule has 6 nitrogen and oxygen atoms in total. The highest BCUT2D eigenvalue weighted by Crippen LogP contribution is 2.26. The number of hydrogen-bond acceptors (Lipinski definition) is 4. The molecule has 0 spiro atoms. The van der Waals surface area contributed by atoms with Crippen molar-refractivity contribution in [3.63, 3.8) is 0 Å². The molecular formula is C22H28N2O4S. The van der Waals surface area contributed by atoms with E-state index >= 15 is 0 Å². The van der Waals surface area contributed by atoms with E-state index in [-0.39, 0.29) is 16.4 Å². The number of sulfonamides is 1. The number of ether oxygens (including phenoxy) is 1. The Balaban J connectivity index is 1.84. The van der Waals surface area contributed by atoms with E-state index in [9.17, 15) is 13.2 Å². The molecule has 7 heteroatoms. The minimum absolute atomic E-state index is 0.126. The van der Waals surface area contributed by atoms with Gasteiger partial charge in [0.25, 0.3) is 5.91 Å². The molecule has 0 radical (unpaired) electrons. The van der Waals surface area contributed by atoms with Gasteiger partial charge in [0.2, 0.25) is 10.0 Å². The Labute approximate surface area is 172 Å². The molecule has 0 saturated carbocycles. The number of methoxy groups -OCH3 is 1. The van der Waals surface area contributed by atoms with Crippen molar-refractivity contribution in [3.05, 3.63) is 59.2 Å². The number of carbonyl (C=O) groups excluding carboxylic acids is 1. The minimum Gasteiger partial charge on any atom is -0.496 e. The first-order valence-corrected chi connectivity index (χ1v) is 11.4. The van der Waals surface area contributed by atoms with E-state index in [1.807, 2.05) is 31.2 Å². The summed E-state index contributed by atoms with van der Waals surface area (Å²) in [7, 11) is -2.17. The van der Waals surface area contributed by atoms with Gasteiger partial charge in [-0.2, -0.15) is 4.31 Å². The fourth-order valence-electron chi connectivity index (χ4n) is 3.54. The zero-order valence-corrected chi connectivity index (χ0v) is 17.8. The third kappa shape index (κ3) is 4.97. The van der Waals surface area contributed by atoms with Gasteiger partial charge in [-0.05, 0) is 49.1 Å². The minimum atomic E-state index is -3.64. The van der Waals surface area contributed by atoms with Gasteiger partial charge >= 0.3 is 0 Å². The van der Waals surface area contributed by atoms with Gasteiger partial charge in [-0.1, -0.05) is 37.1 Å². The number of benzene rings is 2. The highest BCUT2D eigenvalue weighted by atomic mass is 32.2. The van der Waals surface area contributed by atoms with Crippen molar-refractivity contribution in [2.75, 3.05) is 20.2 Å². The van der Waals surface area contributed by atoms with Gasteiger partial charge in [-0.25, -0.2) is 8.42 Å². The number of nitrogens with one attached hydrogen (secondary N) is 1. The maximum Gasteiger partial charge on any atom is 0.255 e. The molecule has 1 aliphatic heterocycles. The Bertz CT molecular complexity index is 965. The van der Waals surface area contributed by atoms with Crippen LogP contribution in [0.3, 0.4) is 0 Å². The second-order valence-corrected chi connectivity index (χ2v) is 9.23. The first kappa shape index (κ1) is 21.3. The fourth-order valence-corrected chi connectivity index (χ4v) is 5.08. The Morgan fingerprint density at radius 3 is 2.41 bits per heavy atom. The lowest BCUT2D eigenvalue weighted by Crippen LogP contribution is -2.32. The summed E-state index contributed by atoms with van der Waals surface area (Å²) in [5, 5.41) is 2.87. The molecule has 2 aromatic carbocycles. The molecule has 0 bridgehead atoms. The van der Waals surface area contributed by atoms with Crippen LogP contribution in [0.25, 0.3) is 0 Å². The highest BCUT2D eigenvalue weighted by Gasteiger charge is 2.27. The predicted molar refractivity (Wildman–Crippen MR) is 113 cm³/mol. The molecule has 1 N–H and O–H groups in total. The van der Waals surface area contributed by atoms with Gasteiger partial charge in [0, 0.05) is 19.6 Å². The molecule has 1 amide bonds. The largest absolute Gasteiger partial charge is 0.496 e. The van der Waals surface area contributed by atoms with Gasteiger partial charge in [0.05, 0.1) is 17.6 Å². The van der Waals surface area contributed by atoms with Crippen molar-refractivity contribution >= 4 is 15.9 Å². The maximum atomic E-state index is 13.1. The average molecular weight is 417 g/mol. The van der Waals surface area contributed by atoms with Crippen LogP contribution >= 0.6 is 0 Å². The number of rotatable bonds is 6. The van der Waals surface area contributed by atoms with Crippen LogP contribution in [0.5, 0.6) is 5.75 Å². The quantitative estimate of drug-likeness (QED) is 0.782. The molecule has 3 rings (SSSR count). The second kappa shape index (κ2) is 9.41. The zero-order valence-electron chi connectivity index (χ0n) is 17.0. The van der Waals surface area contributed by atoms with E-state index in [1.165, 1.54) is 23.5 Å². The van der Waals surface area contributed by atoms with Crippen LogP contribution in [0, 0.1) is 6.92 Å². The number of aryl methyl sites for hydroxylation is 1. The molecule has 1 saturated heterocycles. The van der Waals surface area contributed by atoms with E-state index < -0.39 is 10.0 Å². The van der Waals surface area contributed by atoms with Gasteiger partial charge in [0.15, 0.2) is 0 Å². The molecule has 1 aliphatic rings. The maximum absolute atomic E-state index is 13.1. The van der Waals surface area contributed by atoms with Crippen LogP contribution in [0.15, 0.2) is 47.4 Å². The van der Waals surface area contributed by atoms with E-state index in [4.69, 9.17) is 4.74 Å². The number of amides is 1. The Hall–Kier alpha value is -2.38.